The molecule has 1 atom stereocenters. The molecular weight excluding hydrogens is 302 g/mol. The van der Waals surface area contributed by atoms with Crippen LogP contribution < -0.4 is 10.6 Å². The van der Waals surface area contributed by atoms with Crippen molar-refractivity contribution in [3.8, 4) is 0 Å². The summed E-state index contributed by atoms with van der Waals surface area (Å²) in [6.45, 7) is 1.40. The van der Waals surface area contributed by atoms with Crippen molar-refractivity contribution in [3.05, 3.63) is 28.8 Å². The van der Waals surface area contributed by atoms with Crippen molar-refractivity contribution in [1.29, 1.82) is 0 Å². The third-order valence-corrected chi connectivity index (χ3v) is 4.44. The second-order valence-electron chi connectivity index (χ2n) is 5.58. The summed E-state index contributed by atoms with van der Waals surface area (Å²) >= 11 is 5.65. The molecule has 1 saturated carbocycles. The molecule has 1 aliphatic carbocycles. The number of amides is 2. The zero-order chi connectivity index (χ0) is 15.0. The molecule has 4 nitrogen and oxygen atoms in total. The average Bonchev–Trinajstić information content (AvgIpc) is 3.07. The molecule has 7 heteroatoms. The van der Waals surface area contributed by atoms with E-state index < -0.39 is 17.7 Å². The molecule has 21 heavy (non-hydrogen) atoms. The molecule has 1 heterocycles. The Balaban J connectivity index is 1.60. The van der Waals surface area contributed by atoms with Crippen LogP contribution in [0.15, 0.2) is 12.1 Å². The topological polar surface area (TPSA) is 50.4 Å². The largest absolute Gasteiger partial charge is 0.381 e. The van der Waals surface area contributed by atoms with Crippen LogP contribution in [-0.2, 0) is 4.74 Å². The molecule has 2 amide bonds. The molecule has 0 bridgehead atoms. The number of anilines is 1. The molecule has 2 N–H and O–H groups in total. The number of carbonyl (C=O) groups excluding carboxylic acids is 1. The zero-order valence-electron chi connectivity index (χ0n) is 11.2. The lowest BCUT2D eigenvalue weighted by Gasteiger charge is -2.23. The van der Waals surface area contributed by atoms with Crippen LogP contribution in [0.25, 0.3) is 0 Å². The summed E-state index contributed by atoms with van der Waals surface area (Å²) < 4.78 is 32.1. The van der Waals surface area contributed by atoms with Crippen LogP contribution >= 0.6 is 11.6 Å². The van der Waals surface area contributed by atoms with Crippen LogP contribution in [0.3, 0.4) is 0 Å². The Hall–Kier alpha value is -1.40. The normalized spacial score (nSPS) is 22.9. The number of carbonyl (C=O) groups is 1. The number of urea groups is 1. The minimum atomic E-state index is -1.12. The number of hydrogen-bond donors (Lipinski definition) is 2. The van der Waals surface area contributed by atoms with Crippen molar-refractivity contribution < 1.29 is 18.3 Å². The molecule has 3 rings (SSSR count). The lowest BCUT2D eigenvalue weighted by atomic mass is 9.96. The maximum absolute atomic E-state index is 13.6. The summed E-state index contributed by atoms with van der Waals surface area (Å²) in [7, 11) is 0. The van der Waals surface area contributed by atoms with Crippen LogP contribution in [-0.4, -0.2) is 25.3 Å². The van der Waals surface area contributed by atoms with Crippen LogP contribution in [0, 0.1) is 17.0 Å². The lowest BCUT2D eigenvalue weighted by Crippen LogP contribution is -2.35. The zero-order valence-corrected chi connectivity index (χ0v) is 12.0. The van der Waals surface area contributed by atoms with Gasteiger partial charge < -0.3 is 15.4 Å². The fourth-order valence-electron chi connectivity index (χ4n) is 2.85. The van der Waals surface area contributed by atoms with E-state index in [0.717, 1.165) is 25.3 Å². The van der Waals surface area contributed by atoms with Crippen LogP contribution in [0.2, 0.25) is 5.02 Å². The number of rotatable bonds is 2. The molecule has 2 aliphatic rings. The second-order valence-corrected chi connectivity index (χ2v) is 6.02. The van der Waals surface area contributed by atoms with E-state index in [9.17, 15) is 13.6 Å². The van der Waals surface area contributed by atoms with Gasteiger partial charge in [-0.2, -0.15) is 0 Å². The summed E-state index contributed by atoms with van der Waals surface area (Å²) in [4.78, 5) is 11.9. The van der Waals surface area contributed by atoms with E-state index in [1.807, 2.05) is 0 Å². The Morgan fingerprint density at radius 1 is 1.33 bits per heavy atom. The van der Waals surface area contributed by atoms with E-state index in [2.05, 4.69) is 10.6 Å². The molecular formula is C14H15ClF2N2O2. The van der Waals surface area contributed by atoms with Gasteiger partial charge in [-0.05, 0) is 36.8 Å². The molecule has 1 aromatic carbocycles. The van der Waals surface area contributed by atoms with E-state index in [4.69, 9.17) is 16.3 Å². The number of benzene rings is 1. The monoisotopic (exact) mass is 316 g/mol. The van der Waals surface area contributed by atoms with Gasteiger partial charge >= 0.3 is 6.03 Å². The first-order chi connectivity index (χ1) is 10.00. The first-order valence-corrected chi connectivity index (χ1v) is 7.18. The Bertz CT molecular complexity index is 576. The van der Waals surface area contributed by atoms with Gasteiger partial charge in [0.2, 0.25) is 0 Å². The highest BCUT2D eigenvalue weighted by molar-refractivity contribution is 6.30. The van der Waals surface area contributed by atoms with Gasteiger partial charge in [0, 0.05) is 24.3 Å². The predicted octanol–water partition coefficient (Wildman–Crippen LogP) is 3.31. The van der Waals surface area contributed by atoms with Gasteiger partial charge in [0.15, 0.2) is 11.6 Å². The van der Waals surface area contributed by atoms with Crippen molar-refractivity contribution in [1.82, 2.24) is 5.32 Å². The molecule has 2 fully saturated rings. The van der Waals surface area contributed by atoms with Crippen molar-refractivity contribution >= 4 is 23.3 Å². The van der Waals surface area contributed by atoms with Gasteiger partial charge in [-0.25, -0.2) is 13.6 Å². The minimum Gasteiger partial charge on any atom is -0.381 e. The van der Waals surface area contributed by atoms with Gasteiger partial charge in [0.25, 0.3) is 0 Å². The molecule has 1 spiro atoms. The summed E-state index contributed by atoms with van der Waals surface area (Å²) in [6, 6.07) is 1.55. The summed E-state index contributed by atoms with van der Waals surface area (Å²) in [6.07, 6.45) is 2.73. The summed E-state index contributed by atoms with van der Waals surface area (Å²) in [5.74, 6) is -2.21. The highest BCUT2D eigenvalue weighted by Gasteiger charge is 2.55. The SMILES string of the molecule is O=C(Nc1cc(Cl)cc(F)c1F)N[C@@H]1CC12CCOCC2. The number of nitrogens with one attached hydrogen (secondary N) is 2. The van der Waals surface area contributed by atoms with Gasteiger partial charge in [-0.3, -0.25) is 0 Å². The minimum absolute atomic E-state index is 0.0246. The first kappa shape index (κ1) is 14.5. The highest BCUT2D eigenvalue weighted by Crippen LogP contribution is 2.53. The van der Waals surface area contributed by atoms with Crippen molar-refractivity contribution in [3.63, 3.8) is 0 Å². The van der Waals surface area contributed by atoms with Gasteiger partial charge in [-0.15, -0.1) is 0 Å². The van der Waals surface area contributed by atoms with Crippen LogP contribution in [0.5, 0.6) is 0 Å². The van der Waals surface area contributed by atoms with Crippen LogP contribution in [0.1, 0.15) is 19.3 Å². The Morgan fingerprint density at radius 2 is 2.05 bits per heavy atom. The number of halogens is 3. The van der Waals surface area contributed by atoms with E-state index >= 15 is 0 Å². The standard InChI is InChI=1S/C14H15ClF2N2O2/c15-8-5-9(16)12(17)10(6-8)18-13(20)19-11-7-14(11)1-3-21-4-2-14/h5-6,11H,1-4,7H2,(H2,18,19,20)/t11-/m1/s1. The van der Waals surface area contributed by atoms with Crippen molar-refractivity contribution in [2.45, 2.75) is 25.3 Å². The molecule has 1 aliphatic heterocycles. The maximum Gasteiger partial charge on any atom is 0.319 e. The van der Waals surface area contributed by atoms with Gasteiger partial charge in [0.1, 0.15) is 0 Å². The summed E-state index contributed by atoms with van der Waals surface area (Å²) in [5, 5.41) is 5.12. The third-order valence-electron chi connectivity index (χ3n) is 4.22. The third kappa shape index (κ3) is 2.96. The molecule has 114 valence electrons. The lowest BCUT2D eigenvalue weighted by molar-refractivity contribution is 0.0548. The molecule has 0 unspecified atom stereocenters. The van der Waals surface area contributed by atoms with Gasteiger partial charge in [-0.1, -0.05) is 11.6 Å². The summed E-state index contributed by atoms with van der Waals surface area (Å²) in [5.41, 5.74) is -0.146. The number of ether oxygens (including phenoxy) is 1. The predicted molar refractivity (Wildman–Crippen MR) is 74.4 cm³/mol. The van der Waals surface area contributed by atoms with Gasteiger partial charge in [0.05, 0.1) is 5.69 Å². The number of hydrogen-bond acceptors (Lipinski definition) is 2. The molecule has 1 saturated heterocycles. The first-order valence-electron chi connectivity index (χ1n) is 6.80. The van der Waals surface area contributed by atoms with E-state index in [0.29, 0.717) is 13.2 Å². The fourth-order valence-corrected chi connectivity index (χ4v) is 3.05. The second kappa shape index (κ2) is 5.42. The van der Waals surface area contributed by atoms with E-state index in [1.54, 1.807) is 0 Å². The fraction of sp³-hybridized carbons (Fsp3) is 0.500. The highest BCUT2D eigenvalue weighted by atomic mass is 35.5. The Labute approximate surface area is 125 Å². The van der Waals surface area contributed by atoms with Crippen LogP contribution in [0.4, 0.5) is 19.3 Å². The Morgan fingerprint density at radius 3 is 2.76 bits per heavy atom. The smallest absolute Gasteiger partial charge is 0.319 e. The quantitative estimate of drug-likeness (QED) is 0.822. The molecule has 0 radical (unpaired) electrons. The van der Waals surface area contributed by atoms with Crippen molar-refractivity contribution in [2.24, 2.45) is 5.41 Å². The van der Waals surface area contributed by atoms with E-state index in [1.165, 1.54) is 6.07 Å². The van der Waals surface area contributed by atoms with E-state index in [-0.39, 0.29) is 22.2 Å². The maximum atomic E-state index is 13.6. The van der Waals surface area contributed by atoms with Crippen molar-refractivity contribution in [2.75, 3.05) is 18.5 Å². The Kier molecular flexibility index (Phi) is 3.75. The average molecular weight is 317 g/mol. The molecule has 1 aromatic rings. The molecule has 0 aromatic heterocycles.